The van der Waals surface area contributed by atoms with Gasteiger partial charge in [0.2, 0.25) is 0 Å². The van der Waals surface area contributed by atoms with Crippen LogP contribution in [0.3, 0.4) is 0 Å². The van der Waals surface area contributed by atoms with Gasteiger partial charge < -0.3 is 0 Å². The summed E-state index contributed by atoms with van der Waals surface area (Å²) in [5.74, 6) is 2.25. The lowest BCUT2D eigenvalue weighted by Crippen LogP contribution is -2.16. The molecule has 0 amide bonds. The third-order valence-corrected chi connectivity index (χ3v) is 5.63. The lowest BCUT2D eigenvalue weighted by atomic mass is 10.2. The smallest absolute Gasteiger partial charge is 0.138 e. The fourth-order valence-corrected chi connectivity index (χ4v) is 2.68. The van der Waals surface area contributed by atoms with Gasteiger partial charge >= 0.3 is 0 Å². The van der Waals surface area contributed by atoms with Crippen molar-refractivity contribution in [3.8, 4) is 23.4 Å². The van der Waals surface area contributed by atoms with Gasteiger partial charge in [0.1, 0.15) is 27.8 Å². The molecule has 0 aliphatic heterocycles. The second-order valence-corrected chi connectivity index (χ2v) is 19.3. The summed E-state index contributed by atoms with van der Waals surface area (Å²) in [6.07, 6.45) is 5.12. The summed E-state index contributed by atoms with van der Waals surface area (Å²) in [7, 11) is -2.55. The summed E-state index contributed by atoms with van der Waals surface area (Å²) in [6, 6.07) is 8.75. The van der Waals surface area contributed by atoms with Crippen molar-refractivity contribution in [3.05, 3.63) is 68.1 Å². The molecule has 0 saturated carbocycles. The molecule has 0 atom stereocenters. The van der Waals surface area contributed by atoms with Gasteiger partial charge in [0, 0.05) is 10.0 Å². The zero-order valence-corrected chi connectivity index (χ0v) is 22.5. The first-order valence-electron chi connectivity index (χ1n) is 8.71. The van der Waals surface area contributed by atoms with Gasteiger partial charge in [-0.3, -0.25) is 0 Å². The summed E-state index contributed by atoms with van der Waals surface area (Å²) in [5.41, 5.74) is 6.23. The van der Waals surface area contributed by atoms with Crippen LogP contribution in [0.15, 0.2) is 40.9 Å². The molecule has 0 heterocycles. The average molecular weight is 534 g/mol. The molecular formula is C22H25BrCl2F2Si2. The fraction of sp³-hybridized carbons (Fsp3) is 0.273. The van der Waals surface area contributed by atoms with Gasteiger partial charge in [-0.1, -0.05) is 68.4 Å². The number of benzene rings is 2. The summed E-state index contributed by atoms with van der Waals surface area (Å²) >= 11 is 14.3. The van der Waals surface area contributed by atoms with Gasteiger partial charge in [-0.25, -0.2) is 8.78 Å². The highest BCUT2D eigenvalue weighted by Gasteiger charge is 2.08. The molecule has 0 nitrogen and oxygen atoms in total. The van der Waals surface area contributed by atoms with E-state index in [1.807, 2.05) is 0 Å². The Morgan fingerprint density at radius 1 is 0.828 bits per heavy atom. The quantitative estimate of drug-likeness (QED) is 0.181. The van der Waals surface area contributed by atoms with Crippen LogP contribution in [0.4, 0.5) is 8.78 Å². The van der Waals surface area contributed by atoms with E-state index in [-0.39, 0.29) is 11.6 Å². The van der Waals surface area contributed by atoms with Gasteiger partial charge in [-0.15, -0.1) is 17.5 Å². The zero-order valence-electron chi connectivity index (χ0n) is 17.4. The topological polar surface area (TPSA) is 0 Å². The van der Waals surface area contributed by atoms with E-state index in [2.05, 4.69) is 72.2 Å². The van der Waals surface area contributed by atoms with Crippen LogP contribution < -0.4 is 0 Å². The molecule has 0 bridgehead atoms. The molecule has 7 heteroatoms. The van der Waals surface area contributed by atoms with Crippen LogP contribution in [0.5, 0.6) is 0 Å². The van der Waals surface area contributed by atoms with Crippen molar-refractivity contribution in [1.29, 1.82) is 0 Å². The number of terminal acetylenes is 1. The molecule has 0 radical (unpaired) electrons. The maximum absolute atomic E-state index is 13.2. The first kappa shape index (κ1) is 27.9. The number of hydrogen-bond acceptors (Lipinski definition) is 0. The lowest BCUT2D eigenvalue weighted by molar-refractivity contribution is 0.621. The summed E-state index contributed by atoms with van der Waals surface area (Å²) in [6.45, 7) is 12.8. The van der Waals surface area contributed by atoms with Gasteiger partial charge in [0.05, 0.1) is 10.0 Å². The molecule has 29 heavy (non-hydrogen) atoms. The first-order chi connectivity index (χ1) is 13.1. The number of halogens is 5. The Labute approximate surface area is 194 Å². The molecule has 2 aromatic rings. The van der Waals surface area contributed by atoms with Crippen molar-refractivity contribution in [2.45, 2.75) is 39.3 Å². The molecule has 156 valence electrons. The zero-order chi connectivity index (χ0) is 22.8. The van der Waals surface area contributed by atoms with E-state index in [9.17, 15) is 8.78 Å². The predicted octanol–water partition coefficient (Wildman–Crippen LogP) is 8.45. The second-order valence-electron chi connectivity index (χ2n) is 8.08. The molecule has 0 aromatic heterocycles. The fourth-order valence-electron chi connectivity index (χ4n) is 1.32. The minimum Gasteiger partial charge on any atom is -0.206 e. The standard InChI is InChI=1S/C11H12ClFSi.C6H3BrClF.C5H10Si/c1-14(2,3)7-6-9-8-10(12)4-5-11(9)13;7-5-3-4(8)1-2-6(5)9;1-5-6(2,3)4/h4-5,8H,1-3H3;1-3H;1H,2-4H3. The summed E-state index contributed by atoms with van der Waals surface area (Å²) in [5, 5.41) is 1.05. The maximum Gasteiger partial charge on any atom is 0.138 e. The Morgan fingerprint density at radius 3 is 1.66 bits per heavy atom. The predicted molar refractivity (Wildman–Crippen MR) is 133 cm³/mol. The van der Waals surface area contributed by atoms with Crippen LogP contribution in [0.25, 0.3) is 0 Å². The maximum atomic E-state index is 13.2. The van der Waals surface area contributed by atoms with Crippen LogP contribution in [0.2, 0.25) is 49.3 Å². The Hall–Kier alpha value is -1.09. The van der Waals surface area contributed by atoms with Crippen LogP contribution in [0, 0.1) is 35.1 Å². The molecule has 0 aliphatic rings. The minimum absolute atomic E-state index is 0.292. The lowest BCUT2D eigenvalue weighted by Gasteiger charge is -2.03. The Bertz CT molecular complexity index is 916. The van der Waals surface area contributed by atoms with E-state index < -0.39 is 16.1 Å². The molecule has 0 saturated heterocycles. The Kier molecular flexibility index (Phi) is 12.1. The van der Waals surface area contributed by atoms with Crippen LogP contribution in [-0.4, -0.2) is 16.1 Å². The minimum atomic E-state index is -1.45. The van der Waals surface area contributed by atoms with E-state index in [0.29, 0.717) is 20.1 Å². The largest absolute Gasteiger partial charge is 0.206 e. The van der Waals surface area contributed by atoms with Crippen molar-refractivity contribution >= 4 is 55.3 Å². The SMILES string of the molecule is C#C[Si](C)(C)C.C[Si](C)(C)C#Cc1cc(Cl)ccc1F.Fc1ccc(Cl)cc1Br. The third-order valence-electron chi connectivity index (χ3n) is 2.82. The van der Waals surface area contributed by atoms with Crippen molar-refractivity contribution in [3.63, 3.8) is 0 Å². The van der Waals surface area contributed by atoms with Crippen molar-refractivity contribution in [1.82, 2.24) is 0 Å². The van der Waals surface area contributed by atoms with E-state index in [1.54, 1.807) is 6.07 Å². The molecule has 0 spiro atoms. The van der Waals surface area contributed by atoms with E-state index >= 15 is 0 Å². The van der Waals surface area contributed by atoms with Crippen molar-refractivity contribution in [2.24, 2.45) is 0 Å². The molecule has 0 N–H and O–H groups in total. The Balaban J connectivity index is 0.000000448. The summed E-state index contributed by atoms with van der Waals surface area (Å²) < 4.78 is 26.0. The normalized spacial score (nSPS) is 10.3. The van der Waals surface area contributed by atoms with Crippen LogP contribution in [-0.2, 0) is 0 Å². The highest BCUT2D eigenvalue weighted by molar-refractivity contribution is 9.10. The molecule has 2 rings (SSSR count). The Morgan fingerprint density at radius 2 is 1.28 bits per heavy atom. The molecule has 0 unspecified atom stereocenters. The third kappa shape index (κ3) is 14.5. The number of rotatable bonds is 0. The monoisotopic (exact) mass is 532 g/mol. The average Bonchev–Trinajstić information content (AvgIpc) is 2.59. The second kappa shape index (κ2) is 12.6. The van der Waals surface area contributed by atoms with Crippen molar-refractivity contribution in [2.75, 3.05) is 0 Å². The summed E-state index contributed by atoms with van der Waals surface area (Å²) in [4.78, 5) is 0. The van der Waals surface area contributed by atoms with Crippen LogP contribution in [0.1, 0.15) is 5.56 Å². The van der Waals surface area contributed by atoms with Gasteiger partial charge in [-0.05, 0) is 52.3 Å². The first-order valence-corrected chi connectivity index (χ1v) is 17.3. The van der Waals surface area contributed by atoms with Gasteiger partial charge in [-0.2, -0.15) is 0 Å². The van der Waals surface area contributed by atoms with E-state index in [0.717, 1.165) is 0 Å². The van der Waals surface area contributed by atoms with Crippen molar-refractivity contribution < 1.29 is 8.78 Å². The number of hydrogen-bond donors (Lipinski definition) is 0. The highest BCUT2D eigenvalue weighted by atomic mass is 79.9. The van der Waals surface area contributed by atoms with E-state index in [4.69, 9.17) is 29.6 Å². The molecule has 2 aromatic carbocycles. The molecular weight excluding hydrogens is 509 g/mol. The van der Waals surface area contributed by atoms with Gasteiger partial charge in [0.15, 0.2) is 0 Å². The van der Waals surface area contributed by atoms with E-state index in [1.165, 1.54) is 30.3 Å². The van der Waals surface area contributed by atoms with Crippen LogP contribution >= 0.6 is 39.1 Å². The molecule has 0 fully saturated rings. The highest BCUT2D eigenvalue weighted by Crippen LogP contribution is 2.19. The molecule has 0 aliphatic carbocycles. The van der Waals surface area contributed by atoms with Gasteiger partial charge in [0.25, 0.3) is 0 Å².